The highest BCUT2D eigenvalue weighted by atomic mass is 16.6. The van der Waals surface area contributed by atoms with Crippen LogP contribution < -0.4 is 5.46 Å². The zero-order chi connectivity index (χ0) is 15.6. The van der Waals surface area contributed by atoms with E-state index in [9.17, 15) is 0 Å². The molecule has 0 radical (unpaired) electrons. The second-order valence-electron chi connectivity index (χ2n) is 6.25. The van der Waals surface area contributed by atoms with Gasteiger partial charge in [-0.3, -0.25) is 0 Å². The third-order valence-corrected chi connectivity index (χ3v) is 4.15. The van der Waals surface area contributed by atoms with E-state index in [4.69, 9.17) is 9.31 Å². The highest BCUT2D eigenvalue weighted by Crippen LogP contribution is 2.17. The van der Waals surface area contributed by atoms with Crippen molar-refractivity contribution in [2.45, 2.75) is 65.2 Å². The molecule has 1 aliphatic rings. The van der Waals surface area contributed by atoms with Crippen molar-refractivity contribution in [3.63, 3.8) is 0 Å². The molecular formula is C17H29BN2O2. The Bertz CT molecular complexity index is 406. The molecule has 0 atom stereocenters. The molecule has 1 aromatic heterocycles. The summed E-state index contributed by atoms with van der Waals surface area (Å²) < 4.78 is 11.7. The Morgan fingerprint density at radius 2 is 1.68 bits per heavy atom. The third-order valence-electron chi connectivity index (χ3n) is 4.15. The van der Waals surface area contributed by atoms with E-state index in [1.165, 1.54) is 38.5 Å². The van der Waals surface area contributed by atoms with Crippen LogP contribution in [0.5, 0.6) is 0 Å². The monoisotopic (exact) mass is 304 g/mol. The molecule has 1 fully saturated rings. The standard InChI is InChI=1S/C17H29BN2O2/c1-3-5-6-7-8-10-15-13-21-18(22-14-15)16-11-19-17(9-4-2)20-12-16/h11-12,15H,3-10,13-14H2,1-2H3. The lowest BCUT2D eigenvalue weighted by Crippen LogP contribution is -2.44. The molecule has 122 valence electrons. The molecule has 0 unspecified atom stereocenters. The van der Waals surface area contributed by atoms with Crippen molar-refractivity contribution in [1.29, 1.82) is 0 Å². The van der Waals surface area contributed by atoms with Gasteiger partial charge in [-0.05, 0) is 12.8 Å². The maximum atomic E-state index is 5.85. The predicted octanol–water partition coefficient (Wildman–Crippen LogP) is 3.15. The fourth-order valence-electron chi connectivity index (χ4n) is 2.78. The fourth-order valence-corrected chi connectivity index (χ4v) is 2.78. The lowest BCUT2D eigenvalue weighted by atomic mass is 9.79. The molecule has 2 heterocycles. The SMILES string of the molecule is CCCCCCCC1COB(c2cnc(CCC)nc2)OC1. The van der Waals surface area contributed by atoms with Crippen molar-refractivity contribution < 1.29 is 9.31 Å². The molecule has 0 aromatic carbocycles. The Morgan fingerprint density at radius 1 is 1.00 bits per heavy atom. The van der Waals surface area contributed by atoms with Crippen LogP contribution in [0.1, 0.15) is 64.6 Å². The lowest BCUT2D eigenvalue weighted by Gasteiger charge is -2.27. The molecule has 1 aromatic rings. The van der Waals surface area contributed by atoms with Crippen LogP contribution in [-0.2, 0) is 15.7 Å². The molecule has 0 aliphatic carbocycles. The van der Waals surface area contributed by atoms with Gasteiger partial charge >= 0.3 is 7.12 Å². The van der Waals surface area contributed by atoms with E-state index in [-0.39, 0.29) is 7.12 Å². The molecule has 0 spiro atoms. The summed E-state index contributed by atoms with van der Waals surface area (Å²) in [6.45, 7) is 5.96. The molecule has 1 saturated heterocycles. The van der Waals surface area contributed by atoms with Crippen LogP contribution in [0, 0.1) is 5.92 Å². The van der Waals surface area contributed by atoms with E-state index in [2.05, 4.69) is 23.8 Å². The Balaban J connectivity index is 1.68. The normalized spacial score (nSPS) is 16.2. The first kappa shape index (κ1) is 17.4. The van der Waals surface area contributed by atoms with Gasteiger partial charge in [0, 0.05) is 43.4 Å². The minimum Gasteiger partial charge on any atom is -0.407 e. The van der Waals surface area contributed by atoms with E-state index in [1.54, 1.807) is 0 Å². The maximum absolute atomic E-state index is 5.85. The second-order valence-corrected chi connectivity index (χ2v) is 6.25. The van der Waals surface area contributed by atoms with E-state index >= 15 is 0 Å². The zero-order valence-corrected chi connectivity index (χ0v) is 14.1. The molecule has 0 N–H and O–H groups in total. The van der Waals surface area contributed by atoms with Crippen molar-refractivity contribution in [2.24, 2.45) is 5.92 Å². The minimum absolute atomic E-state index is 0.285. The number of nitrogens with zero attached hydrogens (tertiary/aromatic N) is 2. The van der Waals surface area contributed by atoms with Gasteiger partial charge in [-0.2, -0.15) is 0 Å². The quantitative estimate of drug-likeness (QED) is 0.519. The van der Waals surface area contributed by atoms with Crippen LogP contribution in [0.15, 0.2) is 12.4 Å². The van der Waals surface area contributed by atoms with Gasteiger partial charge in [0.25, 0.3) is 0 Å². The molecule has 0 bridgehead atoms. The summed E-state index contributed by atoms with van der Waals surface area (Å²) in [6, 6.07) is 0. The van der Waals surface area contributed by atoms with E-state index < -0.39 is 0 Å². The van der Waals surface area contributed by atoms with Crippen LogP contribution in [0.3, 0.4) is 0 Å². The Hall–Kier alpha value is -0.935. The average Bonchev–Trinajstić information content (AvgIpc) is 2.56. The summed E-state index contributed by atoms with van der Waals surface area (Å²) in [5.41, 5.74) is 0.932. The summed E-state index contributed by atoms with van der Waals surface area (Å²) in [5.74, 6) is 1.44. The largest absolute Gasteiger partial charge is 0.497 e. The first-order chi connectivity index (χ1) is 10.8. The van der Waals surface area contributed by atoms with Crippen molar-refractivity contribution in [3.8, 4) is 0 Å². The summed E-state index contributed by atoms with van der Waals surface area (Å²) >= 11 is 0. The third kappa shape index (κ3) is 5.69. The van der Waals surface area contributed by atoms with Gasteiger partial charge in [0.05, 0.1) is 0 Å². The number of rotatable bonds is 9. The number of unbranched alkanes of at least 4 members (excludes halogenated alkanes) is 4. The number of hydrogen-bond acceptors (Lipinski definition) is 4. The van der Waals surface area contributed by atoms with Crippen LogP contribution in [0.4, 0.5) is 0 Å². The van der Waals surface area contributed by atoms with Crippen LogP contribution in [-0.4, -0.2) is 30.3 Å². The summed E-state index contributed by atoms with van der Waals surface area (Å²) in [6.07, 6.45) is 13.5. The first-order valence-corrected chi connectivity index (χ1v) is 8.87. The molecule has 4 nitrogen and oxygen atoms in total. The molecule has 22 heavy (non-hydrogen) atoms. The molecular weight excluding hydrogens is 275 g/mol. The molecule has 1 aliphatic heterocycles. The van der Waals surface area contributed by atoms with Gasteiger partial charge in [0.15, 0.2) is 0 Å². The van der Waals surface area contributed by atoms with Gasteiger partial charge in [0.1, 0.15) is 5.82 Å². The molecule has 5 heteroatoms. The highest BCUT2D eigenvalue weighted by molar-refractivity contribution is 6.61. The smallest absolute Gasteiger partial charge is 0.407 e. The van der Waals surface area contributed by atoms with Crippen LogP contribution in [0.25, 0.3) is 0 Å². The van der Waals surface area contributed by atoms with Crippen LogP contribution >= 0.6 is 0 Å². The predicted molar refractivity (Wildman–Crippen MR) is 90.2 cm³/mol. The van der Waals surface area contributed by atoms with Crippen molar-refractivity contribution in [2.75, 3.05) is 13.2 Å². The maximum Gasteiger partial charge on any atom is 0.497 e. The zero-order valence-electron chi connectivity index (χ0n) is 14.1. The van der Waals surface area contributed by atoms with Gasteiger partial charge in [-0.1, -0.05) is 46.0 Å². The second kappa shape index (κ2) is 9.96. The summed E-state index contributed by atoms with van der Waals surface area (Å²) in [5, 5.41) is 0. The molecule has 0 saturated carbocycles. The van der Waals surface area contributed by atoms with E-state index in [0.29, 0.717) is 5.92 Å². The van der Waals surface area contributed by atoms with E-state index in [0.717, 1.165) is 37.3 Å². The van der Waals surface area contributed by atoms with Crippen LogP contribution in [0.2, 0.25) is 0 Å². The van der Waals surface area contributed by atoms with Crippen molar-refractivity contribution >= 4 is 12.6 Å². The average molecular weight is 304 g/mol. The molecule has 2 rings (SSSR count). The topological polar surface area (TPSA) is 44.2 Å². The van der Waals surface area contributed by atoms with Crippen molar-refractivity contribution in [1.82, 2.24) is 9.97 Å². The Labute approximate surface area is 135 Å². The minimum atomic E-state index is -0.285. The molecule has 0 amide bonds. The highest BCUT2D eigenvalue weighted by Gasteiger charge is 2.29. The fraction of sp³-hybridized carbons (Fsp3) is 0.765. The van der Waals surface area contributed by atoms with Gasteiger partial charge in [-0.15, -0.1) is 0 Å². The summed E-state index contributed by atoms with van der Waals surface area (Å²) in [7, 11) is -0.285. The van der Waals surface area contributed by atoms with Crippen molar-refractivity contribution in [3.05, 3.63) is 18.2 Å². The number of aryl methyl sites for hydroxylation is 1. The first-order valence-electron chi connectivity index (χ1n) is 8.87. The number of aromatic nitrogens is 2. The van der Waals surface area contributed by atoms with Gasteiger partial charge in [0.2, 0.25) is 0 Å². The van der Waals surface area contributed by atoms with E-state index in [1.807, 2.05) is 12.4 Å². The number of hydrogen-bond donors (Lipinski definition) is 0. The van der Waals surface area contributed by atoms with Gasteiger partial charge in [-0.25, -0.2) is 9.97 Å². The Kier molecular flexibility index (Phi) is 7.88. The lowest BCUT2D eigenvalue weighted by molar-refractivity contribution is 0.0809. The van der Waals surface area contributed by atoms with Gasteiger partial charge < -0.3 is 9.31 Å². The summed E-state index contributed by atoms with van der Waals surface area (Å²) in [4.78, 5) is 8.74. The Morgan fingerprint density at radius 3 is 2.32 bits per heavy atom.